The molecule has 0 saturated carbocycles. The Balaban J connectivity index is 1.33. The third-order valence-electron chi connectivity index (χ3n) is 7.48. The minimum atomic E-state index is -0.440. The van der Waals surface area contributed by atoms with E-state index in [9.17, 15) is 4.79 Å². The van der Waals surface area contributed by atoms with Crippen molar-refractivity contribution in [1.29, 1.82) is 0 Å². The Bertz CT molecular complexity index is 1580. The molecular weight excluding hydrogens is 508 g/mol. The Hall–Kier alpha value is -4.79. The van der Waals surface area contributed by atoms with Crippen LogP contribution in [0.2, 0.25) is 0 Å². The zero-order valence-corrected chi connectivity index (χ0v) is 22.6. The molecule has 2 atom stereocenters. The highest BCUT2D eigenvalue weighted by atomic mass is 16.5. The zero-order valence-electron chi connectivity index (χ0n) is 22.6. The lowest BCUT2D eigenvalue weighted by molar-refractivity contribution is -0.116. The van der Waals surface area contributed by atoms with Gasteiger partial charge < -0.3 is 24.3 Å². The Kier molecular flexibility index (Phi) is 6.86. The SMILES string of the molecule is COc1ccc(C2CC(=O)C3=C(C2)Nc2ncnn2C3c2ccc(OCc3ccccc3)c(OC)c2)cc1OC. The van der Waals surface area contributed by atoms with Crippen LogP contribution in [0.15, 0.2) is 84.3 Å². The van der Waals surface area contributed by atoms with Gasteiger partial charge in [-0.05, 0) is 53.3 Å². The fraction of sp³-hybridized carbons (Fsp3) is 0.258. The quantitative estimate of drug-likeness (QED) is 0.323. The number of aromatic nitrogens is 3. The molecule has 0 fully saturated rings. The number of hydrogen-bond acceptors (Lipinski definition) is 8. The van der Waals surface area contributed by atoms with Crippen LogP contribution in [0.4, 0.5) is 5.95 Å². The summed E-state index contributed by atoms with van der Waals surface area (Å²) >= 11 is 0. The van der Waals surface area contributed by atoms with Crippen molar-refractivity contribution in [2.24, 2.45) is 0 Å². The van der Waals surface area contributed by atoms with Gasteiger partial charge in [0, 0.05) is 17.7 Å². The molecule has 4 aromatic rings. The van der Waals surface area contributed by atoms with E-state index in [2.05, 4.69) is 15.4 Å². The molecule has 204 valence electrons. The van der Waals surface area contributed by atoms with Crippen LogP contribution >= 0.6 is 0 Å². The minimum Gasteiger partial charge on any atom is -0.493 e. The maximum absolute atomic E-state index is 13.8. The smallest absolute Gasteiger partial charge is 0.226 e. The van der Waals surface area contributed by atoms with Crippen LogP contribution in [0.1, 0.15) is 41.5 Å². The predicted molar refractivity (Wildman–Crippen MR) is 149 cm³/mol. The molecule has 2 heterocycles. The van der Waals surface area contributed by atoms with Crippen molar-refractivity contribution in [3.8, 4) is 23.0 Å². The number of rotatable bonds is 8. The summed E-state index contributed by atoms with van der Waals surface area (Å²) in [5.74, 6) is 3.14. The van der Waals surface area contributed by atoms with E-state index in [4.69, 9.17) is 18.9 Å². The number of methoxy groups -OCH3 is 3. The van der Waals surface area contributed by atoms with Gasteiger partial charge in [-0.3, -0.25) is 4.79 Å². The highest BCUT2D eigenvalue weighted by Gasteiger charge is 2.39. The highest BCUT2D eigenvalue weighted by molar-refractivity contribution is 6.00. The predicted octanol–water partition coefficient (Wildman–Crippen LogP) is 5.30. The van der Waals surface area contributed by atoms with Gasteiger partial charge in [-0.2, -0.15) is 10.1 Å². The minimum absolute atomic E-state index is 0.0167. The van der Waals surface area contributed by atoms with E-state index in [0.717, 1.165) is 22.4 Å². The van der Waals surface area contributed by atoms with Crippen LogP contribution in [0.3, 0.4) is 0 Å². The van der Waals surface area contributed by atoms with E-state index in [1.165, 1.54) is 6.33 Å². The van der Waals surface area contributed by atoms with Crippen LogP contribution in [0.5, 0.6) is 23.0 Å². The van der Waals surface area contributed by atoms with Gasteiger partial charge in [-0.25, -0.2) is 4.68 Å². The number of nitrogens with one attached hydrogen (secondary N) is 1. The normalized spacial score (nSPS) is 17.9. The van der Waals surface area contributed by atoms with E-state index < -0.39 is 6.04 Å². The summed E-state index contributed by atoms with van der Waals surface area (Å²) in [7, 11) is 4.83. The monoisotopic (exact) mass is 538 g/mol. The van der Waals surface area contributed by atoms with Gasteiger partial charge in [0.05, 0.1) is 21.3 Å². The van der Waals surface area contributed by atoms with Crippen LogP contribution in [0, 0.1) is 0 Å². The van der Waals surface area contributed by atoms with E-state index in [1.807, 2.05) is 66.7 Å². The molecule has 1 aliphatic carbocycles. The first-order valence-corrected chi connectivity index (χ1v) is 13.1. The molecule has 9 heteroatoms. The summed E-state index contributed by atoms with van der Waals surface area (Å²) in [5, 5.41) is 7.84. The molecule has 1 aromatic heterocycles. The molecule has 40 heavy (non-hydrogen) atoms. The number of ether oxygens (including phenoxy) is 4. The number of ketones is 1. The first-order chi connectivity index (χ1) is 19.6. The second-order valence-corrected chi connectivity index (χ2v) is 9.78. The van der Waals surface area contributed by atoms with Crippen LogP contribution in [0.25, 0.3) is 0 Å². The van der Waals surface area contributed by atoms with Crippen LogP contribution in [-0.4, -0.2) is 41.9 Å². The molecule has 0 bridgehead atoms. The standard InChI is InChI=1S/C31H30N4O5/c1-37-25-11-9-20(15-27(25)38-2)22-13-23-29(24(36)14-22)30(35-31(34-23)32-18-33-35)21-10-12-26(28(16-21)39-3)40-17-19-7-5-4-6-8-19/h4-12,15-16,18,22,30H,13-14,17H2,1-3H3,(H,32,33,34). The van der Waals surface area contributed by atoms with Gasteiger partial charge in [0.1, 0.15) is 19.0 Å². The lowest BCUT2D eigenvalue weighted by atomic mass is 9.78. The van der Waals surface area contributed by atoms with E-state index in [1.54, 1.807) is 26.0 Å². The number of Topliss-reactive ketones (excluding diaryl/α,β-unsaturated/α-hetero) is 1. The average molecular weight is 539 g/mol. The summed E-state index contributed by atoms with van der Waals surface area (Å²) in [6.07, 6.45) is 2.51. The van der Waals surface area contributed by atoms with Crippen molar-refractivity contribution in [3.05, 3.63) is 101 Å². The number of benzene rings is 3. The van der Waals surface area contributed by atoms with Crippen LogP contribution < -0.4 is 24.3 Å². The molecule has 0 amide bonds. The van der Waals surface area contributed by atoms with Crippen molar-refractivity contribution in [2.45, 2.75) is 31.4 Å². The Labute approximate surface area is 232 Å². The maximum atomic E-state index is 13.8. The molecule has 1 N–H and O–H groups in total. The topological polar surface area (TPSA) is 96.7 Å². The third-order valence-corrected chi connectivity index (χ3v) is 7.48. The summed E-state index contributed by atoms with van der Waals surface area (Å²) in [6.45, 7) is 0.419. The Morgan fingerprint density at radius 2 is 1.55 bits per heavy atom. The number of carbonyl (C=O) groups excluding carboxylic acids is 1. The summed E-state index contributed by atoms with van der Waals surface area (Å²) in [6, 6.07) is 21.1. The molecule has 9 nitrogen and oxygen atoms in total. The fourth-order valence-corrected chi connectivity index (χ4v) is 5.51. The van der Waals surface area contributed by atoms with E-state index >= 15 is 0 Å². The summed E-state index contributed by atoms with van der Waals surface area (Å²) in [4.78, 5) is 18.2. The Morgan fingerprint density at radius 3 is 2.33 bits per heavy atom. The van der Waals surface area contributed by atoms with Gasteiger partial charge in [0.25, 0.3) is 0 Å². The first kappa shape index (κ1) is 25.5. The second kappa shape index (κ2) is 10.8. The molecule has 0 radical (unpaired) electrons. The zero-order chi connectivity index (χ0) is 27.6. The number of fused-ring (bicyclic) bond motifs is 1. The number of nitrogens with zero attached hydrogens (tertiary/aromatic N) is 3. The van der Waals surface area contributed by atoms with E-state index in [0.29, 0.717) is 54.0 Å². The molecule has 0 saturated heterocycles. The Morgan fingerprint density at radius 1 is 0.850 bits per heavy atom. The first-order valence-electron chi connectivity index (χ1n) is 13.1. The van der Waals surface area contributed by atoms with Crippen LogP contribution in [-0.2, 0) is 11.4 Å². The molecule has 6 rings (SSSR count). The van der Waals surface area contributed by atoms with Gasteiger partial charge in [0.2, 0.25) is 5.95 Å². The molecule has 2 aliphatic rings. The van der Waals surface area contributed by atoms with Crippen molar-refractivity contribution in [3.63, 3.8) is 0 Å². The highest BCUT2D eigenvalue weighted by Crippen LogP contribution is 2.46. The van der Waals surface area contributed by atoms with Gasteiger partial charge in [0.15, 0.2) is 28.8 Å². The second-order valence-electron chi connectivity index (χ2n) is 9.78. The molecule has 1 aliphatic heterocycles. The average Bonchev–Trinajstić information content (AvgIpc) is 3.47. The van der Waals surface area contributed by atoms with Crippen molar-refractivity contribution in [2.75, 3.05) is 26.6 Å². The largest absolute Gasteiger partial charge is 0.493 e. The number of carbonyl (C=O) groups is 1. The van der Waals surface area contributed by atoms with Crippen molar-refractivity contribution >= 4 is 11.7 Å². The van der Waals surface area contributed by atoms with Crippen molar-refractivity contribution in [1.82, 2.24) is 14.8 Å². The third kappa shape index (κ3) is 4.64. The number of hydrogen-bond donors (Lipinski definition) is 1. The van der Waals surface area contributed by atoms with E-state index in [-0.39, 0.29) is 11.7 Å². The lowest BCUT2D eigenvalue weighted by Gasteiger charge is -2.35. The lowest BCUT2D eigenvalue weighted by Crippen LogP contribution is -2.33. The van der Waals surface area contributed by atoms with Gasteiger partial charge in [-0.1, -0.05) is 42.5 Å². The molecular formula is C31H30N4O5. The summed E-state index contributed by atoms with van der Waals surface area (Å²) in [5.41, 5.74) is 4.48. The molecule has 2 unspecified atom stereocenters. The fourth-order valence-electron chi connectivity index (χ4n) is 5.51. The van der Waals surface area contributed by atoms with Gasteiger partial charge >= 0.3 is 0 Å². The molecule has 0 spiro atoms. The summed E-state index contributed by atoms with van der Waals surface area (Å²) < 4.78 is 24.4. The van der Waals surface area contributed by atoms with Crippen molar-refractivity contribution < 1.29 is 23.7 Å². The number of anilines is 1. The maximum Gasteiger partial charge on any atom is 0.226 e. The van der Waals surface area contributed by atoms with Gasteiger partial charge in [-0.15, -0.1) is 0 Å². The molecule has 3 aromatic carbocycles. The number of allylic oxidation sites excluding steroid dienone is 2.